The van der Waals surface area contributed by atoms with Crippen molar-refractivity contribution in [3.8, 4) is 0 Å². The van der Waals surface area contributed by atoms with Crippen LogP contribution >= 0.6 is 0 Å². The Labute approximate surface area is 172 Å². The molecular formula is C21H30BN3O4. The number of benzene rings is 1. The number of amides is 1. The van der Waals surface area contributed by atoms with E-state index in [1.165, 1.54) is 0 Å². The van der Waals surface area contributed by atoms with E-state index in [0.29, 0.717) is 13.1 Å². The van der Waals surface area contributed by atoms with Gasteiger partial charge in [0.15, 0.2) is 0 Å². The number of ether oxygens (including phenoxy) is 1. The van der Waals surface area contributed by atoms with Gasteiger partial charge in [0.25, 0.3) is 0 Å². The summed E-state index contributed by atoms with van der Waals surface area (Å²) in [5, 5.41) is 5.90. The number of nitrogens with zero attached hydrogens (tertiary/aromatic N) is 3. The second-order valence-electron chi connectivity index (χ2n) is 9.97. The zero-order valence-electron chi connectivity index (χ0n) is 18.4. The predicted octanol–water partition coefficient (Wildman–Crippen LogP) is 3.13. The predicted molar refractivity (Wildman–Crippen MR) is 112 cm³/mol. The zero-order chi connectivity index (χ0) is 21.2. The lowest BCUT2D eigenvalue weighted by molar-refractivity contribution is 0.000187. The Bertz CT molecular complexity index is 925. The number of aromatic nitrogens is 2. The third-order valence-electron chi connectivity index (χ3n) is 5.98. The maximum atomic E-state index is 12.3. The van der Waals surface area contributed by atoms with Crippen LogP contribution in [0, 0.1) is 0 Å². The first-order chi connectivity index (χ1) is 13.4. The van der Waals surface area contributed by atoms with E-state index in [4.69, 9.17) is 19.1 Å². The molecule has 2 aliphatic heterocycles. The van der Waals surface area contributed by atoms with Crippen molar-refractivity contribution < 1.29 is 18.8 Å². The van der Waals surface area contributed by atoms with Gasteiger partial charge in [-0.05, 0) is 54.5 Å². The van der Waals surface area contributed by atoms with Gasteiger partial charge in [-0.25, -0.2) is 4.79 Å². The summed E-state index contributed by atoms with van der Waals surface area (Å²) < 4.78 is 19.9. The van der Waals surface area contributed by atoms with Gasteiger partial charge in [-0.1, -0.05) is 18.2 Å². The molecule has 8 heteroatoms. The zero-order valence-corrected chi connectivity index (χ0v) is 18.4. The highest BCUT2D eigenvalue weighted by Gasteiger charge is 2.53. The molecule has 2 saturated heterocycles. The van der Waals surface area contributed by atoms with Gasteiger partial charge in [0.05, 0.1) is 22.8 Å². The van der Waals surface area contributed by atoms with Crippen molar-refractivity contribution in [3.05, 3.63) is 24.3 Å². The maximum absolute atomic E-state index is 12.3. The van der Waals surface area contributed by atoms with E-state index < -0.39 is 23.9 Å². The minimum Gasteiger partial charge on any atom is -0.444 e. The Morgan fingerprint density at radius 1 is 1.14 bits per heavy atom. The van der Waals surface area contributed by atoms with Gasteiger partial charge in [0.1, 0.15) is 11.2 Å². The summed E-state index contributed by atoms with van der Waals surface area (Å²) in [6.45, 7) is 14.9. The smallest absolute Gasteiger partial charge is 0.444 e. The molecule has 0 bridgehead atoms. The van der Waals surface area contributed by atoms with Crippen molar-refractivity contribution in [3.63, 3.8) is 0 Å². The average Bonchev–Trinajstić information content (AvgIpc) is 3.00. The second-order valence-corrected chi connectivity index (χ2v) is 9.97. The summed E-state index contributed by atoms with van der Waals surface area (Å²) in [6.07, 6.45) is -0.281. The Morgan fingerprint density at radius 2 is 1.72 bits per heavy atom. The van der Waals surface area contributed by atoms with Crippen LogP contribution in [0.3, 0.4) is 0 Å². The maximum Gasteiger partial charge on any atom is 0.517 e. The van der Waals surface area contributed by atoms with Crippen LogP contribution < -0.4 is 5.59 Å². The Kier molecular flexibility index (Phi) is 4.51. The molecule has 7 nitrogen and oxygen atoms in total. The molecule has 156 valence electrons. The van der Waals surface area contributed by atoms with E-state index in [9.17, 15) is 4.79 Å². The van der Waals surface area contributed by atoms with Crippen LogP contribution in [0.25, 0.3) is 10.9 Å². The van der Waals surface area contributed by atoms with Gasteiger partial charge in [0.2, 0.25) is 0 Å². The molecule has 4 rings (SSSR count). The molecule has 2 fully saturated rings. The lowest BCUT2D eigenvalue weighted by atomic mass is 9.82. The van der Waals surface area contributed by atoms with Crippen molar-refractivity contribution in [1.82, 2.24) is 14.7 Å². The normalized spacial score (nSPS) is 21.5. The molecule has 0 aliphatic carbocycles. The lowest BCUT2D eigenvalue weighted by Crippen LogP contribution is -2.52. The third-order valence-corrected chi connectivity index (χ3v) is 5.98. The topological polar surface area (TPSA) is 65.8 Å². The summed E-state index contributed by atoms with van der Waals surface area (Å²) in [5.74, 6) is 0. The quantitative estimate of drug-likeness (QED) is 0.726. The number of likely N-dealkylation sites (tertiary alicyclic amines) is 1. The van der Waals surface area contributed by atoms with E-state index in [2.05, 4.69) is 0 Å². The number of hydrogen-bond acceptors (Lipinski definition) is 5. The minimum absolute atomic E-state index is 0.101. The molecule has 2 aromatic rings. The summed E-state index contributed by atoms with van der Waals surface area (Å²) in [5.41, 5.74) is 0.463. The highest BCUT2D eigenvalue weighted by Crippen LogP contribution is 2.37. The summed E-state index contributed by atoms with van der Waals surface area (Å²) >= 11 is 0. The Morgan fingerprint density at radius 3 is 2.31 bits per heavy atom. The van der Waals surface area contributed by atoms with Gasteiger partial charge in [-0.3, -0.25) is 4.68 Å². The molecule has 1 aromatic heterocycles. The van der Waals surface area contributed by atoms with Crippen LogP contribution in [0.4, 0.5) is 4.79 Å². The first-order valence-electron chi connectivity index (χ1n) is 10.2. The SMILES string of the molecule is CC(C)(C)OC(=O)N1CC(n2nc(B3OC(C)(C)C(C)(C)O3)c3ccccc32)C1. The summed E-state index contributed by atoms with van der Waals surface area (Å²) in [4.78, 5) is 14.0. The highest BCUT2D eigenvalue weighted by atomic mass is 16.7. The van der Waals surface area contributed by atoms with Gasteiger partial charge in [-0.15, -0.1) is 0 Å². The van der Waals surface area contributed by atoms with E-state index >= 15 is 0 Å². The van der Waals surface area contributed by atoms with Gasteiger partial charge in [-0.2, -0.15) is 5.10 Å². The number of hydrogen-bond donors (Lipinski definition) is 0. The third kappa shape index (κ3) is 3.53. The standard InChI is InChI=1S/C21H30BN3O4/c1-19(2,3)27-18(26)24-12-14(13-24)25-16-11-9-8-10-15(16)17(23-25)22-28-20(4,5)21(6,7)29-22/h8-11,14H,12-13H2,1-7H3. The van der Waals surface area contributed by atoms with Gasteiger partial charge in [0, 0.05) is 18.5 Å². The number of rotatable bonds is 2. The lowest BCUT2D eigenvalue weighted by Gasteiger charge is -2.39. The molecule has 1 amide bonds. The number of fused-ring (bicyclic) bond motifs is 1. The number of para-hydroxylation sites is 1. The van der Waals surface area contributed by atoms with E-state index in [-0.39, 0.29) is 12.1 Å². The van der Waals surface area contributed by atoms with Crippen molar-refractivity contribution in [2.75, 3.05) is 13.1 Å². The van der Waals surface area contributed by atoms with Crippen molar-refractivity contribution in [2.45, 2.75) is 71.3 Å². The first kappa shape index (κ1) is 20.2. The number of carbonyl (C=O) groups is 1. The molecule has 0 unspecified atom stereocenters. The fourth-order valence-corrected chi connectivity index (χ4v) is 3.61. The molecule has 2 aliphatic rings. The van der Waals surface area contributed by atoms with Crippen LogP contribution in [0.5, 0.6) is 0 Å². The van der Waals surface area contributed by atoms with Crippen molar-refractivity contribution in [2.24, 2.45) is 0 Å². The van der Waals surface area contributed by atoms with Crippen molar-refractivity contribution in [1.29, 1.82) is 0 Å². The molecule has 0 saturated carbocycles. The molecule has 1 aromatic carbocycles. The van der Waals surface area contributed by atoms with Gasteiger partial charge < -0.3 is 18.9 Å². The van der Waals surface area contributed by atoms with Crippen LogP contribution in [0.15, 0.2) is 24.3 Å². The van der Waals surface area contributed by atoms with Crippen LogP contribution in [0.2, 0.25) is 0 Å². The summed E-state index contributed by atoms with van der Waals surface area (Å²) in [7, 11) is -0.520. The highest BCUT2D eigenvalue weighted by molar-refractivity contribution is 6.64. The van der Waals surface area contributed by atoms with E-state index in [0.717, 1.165) is 16.5 Å². The van der Waals surface area contributed by atoms with E-state index in [1.54, 1.807) is 4.90 Å². The molecular weight excluding hydrogens is 369 g/mol. The largest absolute Gasteiger partial charge is 0.517 e. The van der Waals surface area contributed by atoms with Crippen LogP contribution in [-0.4, -0.2) is 57.8 Å². The molecule has 0 atom stereocenters. The Hall–Kier alpha value is -2.06. The van der Waals surface area contributed by atoms with Crippen LogP contribution in [0.1, 0.15) is 54.5 Å². The minimum atomic E-state index is -0.520. The Balaban J connectivity index is 1.58. The average molecular weight is 399 g/mol. The molecule has 0 spiro atoms. The molecule has 3 heterocycles. The molecule has 0 radical (unpaired) electrons. The fourth-order valence-electron chi connectivity index (χ4n) is 3.61. The summed E-state index contributed by atoms with van der Waals surface area (Å²) in [6, 6.07) is 8.19. The monoisotopic (exact) mass is 399 g/mol. The molecule has 29 heavy (non-hydrogen) atoms. The number of carbonyl (C=O) groups excluding carboxylic acids is 1. The first-order valence-corrected chi connectivity index (χ1v) is 10.2. The van der Waals surface area contributed by atoms with Crippen molar-refractivity contribution >= 4 is 29.7 Å². The fraction of sp³-hybridized carbons (Fsp3) is 0.619. The van der Waals surface area contributed by atoms with E-state index in [1.807, 2.05) is 77.4 Å². The molecule has 0 N–H and O–H groups in total. The van der Waals surface area contributed by atoms with Gasteiger partial charge >= 0.3 is 13.2 Å². The van der Waals surface area contributed by atoms with Crippen LogP contribution in [-0.2, 0) is 14.0 Å². The second kappa shape index (κ2) is 6.47.